The average Bonchev–Trinajstić information content (AvgIpc) is 3.08. The molecular weight excluding hydrogens is 318 g/mol. The van der Waals surface area contributed by atoms with Gasteiger partial charge in [0.25, 0.3) is 0 Å². The van der Waals surface area contributed by atoms with Gasteiger partial charge < -0.3 is 14.5 Å². The summed E-state index contributed by atoms with van der Waals surface area (Å²) >= 11 is 0. The van der Waals surface area contributed by atoms with Crippen LogP contribution in [0.1, 0.15) is 30.2 Å². The number of aromatic nitrogens is 4. The van der Waals surface area contributed by atoms with Crippen molar-refractivity contribution in [3.63, 3.8) is 0 Å². The highest BCUT2D eigenvalue weighted by atomic mass is 16.5. The summed E-state index contributed by atoms with van der Waals surface area (Å²) in [6.07, 6.45) is 6.40. The molecule has 3 aromatic heterocycles. The van der Waals surface area contributed by atoms with E-state index in [4.69, 9.17) is 4.52 Å². The van der Waals surface area contributed by atoms with Gasteiger partial charge in [-0.2, -0.15) is 0 Å². The Bertz CT molecular complexity index is 845. The van der Waals surface area contributed by atoms with E-state index in [1.807, 2.05) is 36.2 Å². The second-order valence-corrected chi connectivity index (χ2v) is 6.39. The molecule has 0 spiro atoms. The van der Waals surface area contributed by atoms with Crippen LogP contribution in [-0.2, 0) is 6.54 Å². The fourth-order valence-corrected chi connectivity index (χ4v) is 2.98. The van der Waals surface area contributed by atoms with E-state index in [9.17, 15) is 5.11 Å². The molecule has 0 radical (unpaired) electrons. The van der Waals surface area contributed by atoms with Gasteiger partial charge in [-0.25, -0.2) is 9.97 Å². The smallest absolute Gasteiger partial charge is 0.156 e. The Kier molecular flexibility index (Phi) is 4.15. The van der Waals surface area contributed by atoms with Gasteiger partial charge in [0, 0.05) is 48.7 Å². The predicted octanol–water partition coefficient (Wildman–Crippen LogP) is 2.40. The van der Waals surface area contributed by atoms with Gasteiger partial charge in [0.05, 0.1) is 12.6 Å². The average molecular weight is 337 g/mol. The first kappa shape index (κ1) is 15.7. The summed E-state index contributed by atoms with van der Waals surface area (Å²) < 4.78 is 5.45. The van der Waals surface area contributed by atoms with Crippen molar-refractivity contribution in [3.05, 3.63) is 54.4 Å². The number of hydrogen-bond donors (Lipinski definition) is 1. The van der Waals surface area contributed by atoms with Gasteiger partial charge in [0.1, 0.15) is 17.8 Å². The number of anilines is 1. The third kappa shape index (κ3) is 3.36. The molecule has 1 aliphatic rings. The maximum absolute atomic E-state index is 9.47. The van der Waals surface area contributed by atoms with Crippen molar-refractivity contribution in [2.24, 2.45) is 0 Å². The van der Waals surface area contributed by atoms with Gasteiger partial charge in [-0.3, -0.25) is 4.98 Å². The minimum atomic E-state index is -0.193. The molecule has 25 heavy (non-hydrogen) atoms. The quantitative estimate of drug-likeness (QED) is 0.765. The predicted molar refractivity (Wildman–Crippen MR) is 91.9 cm³/mol. The van der Waals surface area contributed by atoms with Crippen molar-refractivity contribution in [3.8, 4) is 11.3 Å². The summed E-state index contributed by atoms with van der Waals surface area (Å²) in [5.74, 6) is 1.91. The lowest BCUT2D eigenvalue weighted by molar-refractivity contribution is 0.0732. The SMILES string of the molecule is CN(Cc1cc(-c2ccncc2)no1)c1cc(C2CC(O)C2)ncn1. The lowest BCUT2D eigenvalue weighted by Gasteiger charge is -2.31. The first-order chi connectivity index (χ1) is 12.2. The van der Waals surface area contributed by atoms with Gasteiger partial charge in [0.15, 0.2) is 5.76 Å². The maximum Gasteiger partial charge on any atom is 0.156 e. The molecule has 128 valence electrons. The summed E-state index contributed by atoms with van der Waals surface area (Å²) in [6.45, 7) is 0.557. The van der Waals surface area contributed by atoms with E-state index in [0.29, 0.717) is 12.5 Å². The highest BCUT2D eigenvalue weighted by Crippen LogP contribution is 2.36. The van der Waals surface area contributed by atoms with E-state index in [0.717, 1.165) is 41.4 Å². The summed E-state index contributed by atoms with van der Waals surface area (Å²) in [7, 11) is 1.95. The first-order valence-electron chi connectivity index (χ1n) is 8.26. The molecular formula is C18H19N5O2. The molecule has 3 aromatic rings. The zero-order valence-corrected chi connectivity index (χ0v) is 13.9. The van der Waals surface area contributed by atoms with E-state index in [2.05, 4.69) is 20.1 Å². The van der Waals surface area contributed by atoms with Crippen LogP contribution in [0, 0.1) is 0 Å². The second kappa shape index (κ2) is 6.60. The van der Waals surface area contributed by atoms with Crippen molar-refractivity contribution < 1.29 is 9.63 Å². The van der Waals surface area contributed by atoms with Crippen molar-refractivity contribution >= 4 is 5.82 Å². The van der Waals surface area contributed by atoms with Gasteiger partial charge in [-0.05, 0) is 25.0 Å². The third-order valence-electron chi connectivity index (χ3n) is 4.52. The molecule has 0 aliphatic heterocycles. The van der Waals surface area contributed by atoms with Gasteiger partial charge in [-0.15, -0.1) is 0 Å². The molecule has 0 amide bonds. The van der Waals surface area contributed by atoms with Gasteiger partial charge in [-0.1, -0.05) is 5.16 Å². The molecule has 3 heterocycles. The molecule has 7 nitrogen and oxygen atoms in total. The summed E-state index contributed by atoms with van der Waals surface area (Å²) in [6, 6.07) is 7.71. The largest absolute Gasteiger partial charge is 0.393 e. The number of rotatable bonds is 5. The molecule has 0 unspecified atom stereocenters. The van der Waals surface area contributed by atoms with E-state index in [-0.39, 0.29) is 6.10 Å². The molecule has 0 saturated heterocycles. The molecule has 0 aromatic carbocycles. The first-order valence-corrected chi connectivity index (χ1v) is 8.26. The van der Waals surface area contributed by atoms with Crippen LogP contribution in [0.25, 0.3) is 11.3 Å². The number of aliphatic hydroxyl groups is 1. The van der Waals surface area contributed by atoms with E-state index in [1.165, 1.54) is 0 Å². The van der Waals surface area contributed by atoms with Crippen LogP contribution in [-0.4, -0.2) is 38.4 Å². The van der Waals surface area contributed by atoms with E-state index in [1.54, 1.807) is 18.7 Å². The summed E-state index contributed by atoms with van der Waals surface area (Å²) in [5.41, 5.74) is 2.75. The molecule has 1 fully saturated rings. The third-order valence-corrected chi connectivity index (χ3v) is 4.52. The lowest BCUT2D eigenvalue weighted by Crippen LogP contribution is -2.27. The Morgan fingerprint density at radius 1 is 1.20 bits per heavy atom. The Balaban J connectivity index is 1.46. The Hall–Kier alpha value is -2.80. The Morgan fingerprint density at radius 3 is 2.76 bits per heavy atom. The standard InChI is InChI=1S/C18H19N5O2/c1-23(18-9-16(20-11-21-18)13-6-14(24)7-13)10-15-8-17(22-25-15)12-2-4-19-5-3-12/h2-5,8-9,11,13-14,24H,6-7,10H2,1H3. The van der Waals surface area contributed by atoms with E-state index < -0.39 is 0 Å². The number of nitrogens with zero attached hydrogens (tertiary/aromatic N) is 5. The zero-order chi connectivity index (χ0) is 17.2. The second-order valence-electron chi connectivity index (χ2n) is 6.39. The molecule has 1 aliphatic carbocycles. The van der Waals surface area contributed by atoms with Crippen molar-refractivity contribution in [1.82, 2.24) is 20.1 Å². The normalized spacial score (nSPS) is 19.4. The van der Waals surface area contributed by atoms with Crippen LogP contribution < -0.4 is 4.90 Å². The minimum absolute atomic E-state index is 0.193. The highest BCUT2D eigenvalue weighted by Gasteiger charge is 2.30. The van der Waals surface area contributed by atoms with Crippen LogP contribution in [0.3, 0.4) is 0 Å². The topological polar surface area (TPSA) is 88.2 Å². The number of hydrogen-bond acceptors (Lipinski definition) is 7. The molecule has 7 heteroatoms. The van der Waals surface area contributed by atoms with Crippen molar-refractivity contribution in [2.45, 2.75) is 31.4 Å². The summed E-state index contributed by atoms with van der Waals surface area (Å²) in [5, 5.41) is 13.6. The lowest BCUT2D eigenvalue weighted by atomic mass is 9.80. The monoisotopic (exact) mass is 337 g/mol. The minimum Gasteiger partial charge on any atom is -0.393 e. The van der Waals surface area contributed by atoms with Crippen LogP contribution in [0.2, 0.25) is 0 Å². The zero-order valence-electron chi connectivity index (χ0n) is 13.9. The number of aliphatic hydroxyl groups excluding tert-OH is 1. The molecule has 1 N–H and O–H groups in total. The number of pyridine rings is 1. The fourth-order valence-electron chi connectivity index (χ4n) is 2.98. The van der Waals surface area contributed by atoms with Crippen LogP contribution >= 0.6 is 0 Å². The van der Waals surface area contributed by atoms with Crippen molar-refractivity contribution in [2.75, 3.05) is 11.9 Å². The summed E-state index contributed by atoms with van der Waals surface area (Å²) in [4.78, 5) is 14.7. The Morgan fingerprint density at radius 2 is 2.00 bits per heavy atom. The molecule has 4 rings (SSSR count). The molecule has 0 bridgehead atoms. The van der Waals surface area contributed by atoms with E-state index >= 15 is 0 Å². The molecule has 1 saturated carbocycles. The highest BCUT2D eigenvalue weighted by molar-refractivity contribution is 5.57. The van der Waals surface area contributed by atoms with Crippen LogP contribution in [0.15, 0.2) is 47.5 Å². The van der Waals surface area contributed by atoms with Gasteiger partial charge in [0.2, 0.25) is 0 Å². The maximum atomic E-state index is 9.47. The van der Waals surface area contributed by atoms with Crippen LogP contribution in [0.4, 0.5) is 5.82 Å². The Labute approximate surface area is 145 Å². The van der Waals surface area contributed by atoms with Crippen molar-refractivity contribution in [1.29, 1.82) is 0 Å². The van der Waals surface area contributed by atoms with Crippen LogP contribution in [0.5, 0.6) is 0 Å². The molecule has 0 atom stereocenters. The fraction of sp³-hybridized carbons (Fsp3) is 0.333. The van der Waals surface area contributed by atoms with Gasteiger partial charge >= 0.3 is 0 Å².